The van der Waals surface area contributed by atoms with E-state index >= 15 is 0 Å². The molecule has 21 nitrogen and oxygen atoms in total. The third-order valence-electron chi connectivity index (χ3n) is 13.4. The standard InChI is InChI=1S/C22H18N4O3.C19H17N3O3.C11H11N3O.C11H9NO3.CH4/c27-22(17-13-16(29-25-17)12-15-6-2-1-3-7-15)24-18-14-28-20-9-5-4-8-19(20)26-11-10-23-21(18)26;23-19(25-12-14-6-2-1-3-7-14)21-15-13-24-17-9-5-4-8-16(17)22-11-10-20-18(15)22;12-8-7-15-10-4-2-1-3-9(10)14-6-5-13-11(8)14;13-11(14)10-7-9(15-12-10)6-8-4-2-1-3-5-8;/h1-11,13,18H,12,14H2,(H,24,27);1-11,15H,12-13H2,(H,21,23);1-6,8H,7,12H2;1-5,7H,6H2,(H,13,14);1H4/t18-;15-;8-;;/m111../s1. The maximum Gasteiger partial charge on any atom is 0.408 e. The molecule has 0 saturated heterocycles. The molecule has 21 heteroatoms. The number of carbonyl (C=O) groups is 3. The molecule has 3 aliphatic rings. The van der Waals surface area contributed by atoms with E-state index in [9.17, 15) is 14.4 Å². The van der Waals surface area contributed by atoms with Gasteiger partial charge in [-0.3, -0.25) is 18.5 Å². The van der Waals surface area contributed by atoms with Crippen molar-refractivity contribution in [1.82, 2.24) is 49.6 Å². The number of hydrogen-bond acceptors (Lipinski definition) is 15. The second-order valence-corrected chi connectivity index (χ2v) is 19.2. The van der Waals surface area contributed by atoms with Gasteiger partial charge in [-0.1, -0.05) is 145 Å². The van der Waals surface area contributed by atoms with Crippen LogP contribution in [0.15, 0.2) is 222 Å². The van der Waals surface area contributed by atoms with Gasteiger partial charge in [0.05, 0.1) is 23.1 Å². The number of rotatable bonds is 10. The fourth-order valence-corrected chi connectivity index (χ4v) is 9.38. The monoisotopic (exact) mass is 1140 g/mol. The van der Waals surface area contributed by atoms with E-state index in [0.29, 0.717) is 42.6 Å². The average molecular weight is 1140 g/mol. The zero-order valence-corrected chi connectivity index (χ0v) is 45.0. The minimum absolute atomic E-state index is 0. The highest BCUT2D eigenvalue weighted by Gasteiger charge is 2.29. The zero-order valence-electron chi connectivity index (χ0n) is 45.0. The van der Waals surface area contributed by atoms with Gasteiger partial charge in [-0.05, 0) is 53.1 Å². The van der Waals surface area contributed by atoms with E-state index in [2.05, 4.69) is 35.9 Å². The largest absolute Gasteiger partial charge is 0.489 e. The number of carbonyl (C=O) groups excluding carboxylic acids is 2. The number of aromatic nitrogens is 8. The highest BCUT2D eigenvalue weighted by atomic mass is 16.5. The van der Waals surface area contributed by atoms with Gasteiger partial charge in [0.1, 0.15) is 84.8 Å². The van der Waals surface area contributed by atoms with Gasteiger partial charge >= 0.3 is 12.1 Å². The molecule has 0 unspecified atom stereocenters. The van der Waals surface area contributed by atoms with Crippen molar-refractivity contribution in [1.29, 1.82) is 0 Å². The number of hydrogen-bond donors (Lipinski definition) is 4. The molecule has 11 aromatic rings. The number of amides is 2. The second-order valence-electron chi connectivity index (χ2n) is 19.2. The molecule has 0 saturated carbocycles. The molecule has 85 heavy (non-hydrogen) atoms. The molecule has 5 aromatic heterocycles. The fraction of sp³-hybridized carbons (Fsp3) is 0.156. The van der Waals surface area contributed by atoms with Crippen LogP contribution in [0.1, 0.15) is 92.2 Å². The summed E-state index contributed by atoms with van der Waals surface area (Å²) in [6.07, 6.45) is 11.4. The Morgan fingerprint density at radius 3 is 1.40 bits per heavy atom. The number of nitrogens with one attached hydrogen (secondary N) is 2. The van der Waals surface area contributed by atoms with Crippen molar-refractivity contribution in [2.24, 2.45) is 5.73 Å². The normalized spacial score (nSPS) is 14.7. The van der Waals surface area contributed by atoms with Crippen LogP contribution in [0.25, 0.3) is 17.1 Å². The topological polar surface area (TPSA) is 264 Å². The van der Waals surface area contributed by atoms with Crippen molar-refractivity contribution in [2.45, 2.75) is 45.0 Å². The number of aromatic carboxylic acids is 1. The lowest BCUT2D eigenvalue weighted by Crippen LogP contribution is -2.33. The molecular weight excluding hydrogens is 1080 g/mol. The summed E-state index contributed by atoms with van der Waals surface area (Å²) in [5.74, 6) is 4.40. The number of ether oxygens (including phenoxy) is 4. The Kier molecular flexibility index (Phi) is 18.3. The van der Waals surface area contributed by atoms with Crippen LogP contribution in [0, 0.1) is 0 Å². The lowest BCUT2D eigenvalue weighted by atomic mass is 10.1. The van der Waals surface area contributed by atoms with Crippen LogP contribution >= 0.6 is 0 Å². The molecule has 14 rings (SSSR count). The molecule has 0 radical (unpaired) electrons. The van der Waals surface area contributed by atoms with Crippen LogP contribution in [0.3, 0.4) is 0 Å². The van der Waals surface area contributed by atoms with Crippen molar-refractivity contribution in [3.05, 3.63) is 270 Å². The number of imidazole rings is 3. The first-order valence-corrected chi connectivity index (χ1v) is 26.7. The second kappa shape index (κ2) is 27.1. The lowest BCUT2D eigenvalue weighted by Gasteiger charge is -2.16. The molecule has 0 bridgehead atoms. The maximum atomic E-state index is 12.8. The van der Waals surface area contributed by atoms with Gasteiger partial charge in [-0.15, -0.1) is 0 Å². The Bertz CT molecular complexity index is 3970. The lowest BCUT2D eigenvalue weighted by molar-refractivity contribution is 0.0685. The molecule has 2 amide bonds. The smallest absolute Gasteiger partial charge is 0.408 e. The van der Waals surface area contributed by atoms with E-state index in [4.69, 9.17) is 38.8 Å². The van der Waals surface area contributed by atoms with Gasteiger partial charge in [0.25, 0.3) is 5.91 Å². The van der Waals surface area contributed by atoms with E-state index in [0.717, 1.165) is 56.8 Å². The minimum Gasteiger partial charge on any atom is -0.489 e. The van der Waals surface area contributed by atoms with Crippen LogP contribution in [-0.4, -0.2) is 81.9 Å². The number of alkyl carbamates (subject to hydrolysis) is 1. The van der Waals surface area contributed by atoms with Crippen LogP contribution in [-0.2, 0) is 24.2 Å². The Morgan fingerprint density at radius 1 is 0.518 bits per heavy atom. The molecule has 6 aromatic carbocycles. The van der Waals surface area contributed by atoms with Crippen molar-refractivity contribution < 1.29 is 47.5 Å². The third-order valence-corrected chi connectivity index (χ3v) is 13.4. The molecule has 5 N–H and O–H groups in total. The highest BCUT2D eigenvalue weighted by molar-refractivity contribution is 5.92. The predicted octanol–water partition coefficient (Wildman–Crippen LogP) is 10.4. The van der Waals surface area contributed by atoms with E-state index in [-0.39, 0.29) is 50.6 Å². The summed E-state index contributed by atoms with van der Waals surface area (Å²) in [5.41, 5.74) is 12.0. The summed E-state index contributed by atoms with van der Waals surface area (Å²) >= 11 is 0. The number of fused-ring (bicyclic) bond motifs is 9. The van der Waals surface area contributed by atoms with Crippen LogP contribution in [0.2, 0.25) is 0 Å². The molecule has 8 heterocycles. The molecule has 0 aliphatic carbocycles. The summed E-state index contributed by atoms with van der Waals surface area (Å²) in [6.45, 7) is 1.24. The van der Waals surface area contributed by atoms with Gasteiger partial charge in [-0.25, -0.2) is 24.5 Å². The Balaban J connectivity index is 0.000000131. The van der Waals surface area contributed by atoms with Gasteiger partial charge in [0, 0.05) is 62.2 Å². The molecule has 3 aliphatic heterocycles. The van der Waals surface area contributed by atoms with Gasteiger partial charge in [-0.2, -0.15) is 0 Å². The van der Waals surface area contributed by atoms with Crippen LogP contribution in [0.4, 0.5) is 4.79 Å². The number of benzene rings is 6. The summed E-state index contributed by atoms with van der Waals surface area (Å²) < 4.78 is 38.7. The first-order valence-electron chi connectivity index (χ1n) is 26.7. The van der Waals surface area contributed by atoms with Crippen molar-refractivity contribution >= 4 is 18.0 Å². The predicted molar refractivity (Wildman–Crippen MR) is 312 cm³/mol. The van der Waals surface area contributed by atoms with Crippen LogP contribution in [0.5, 0.6) is 17.2 Å². The van der Waals surface area contributed by atoms with Gasteiger partial charge in [0.2, 0.25) is 0 Å². The van der Waals surface area contributed by atoms with E-state index < -0.39 is 24.1 Å². The van der Waals surface area contributed by atoms with Crippen LogP contribution < -0.4 is 30.6 Å². The quantitative estimate of drug-likeness (QED) is 0.0992. The SMILES string of the molecule is C.N[C@@H]1COc2ccccc2-n2ccnc21.O=C(N[C@@H]1COc2ccccc2-n2ccnc21)OCc1ccccc1.O=C(N[C@@H]1COc2ccccc2-n2ccnc21)c1cc(Cc2ccccc2)on1.O=C(O)c1cc(Cc2ccccc2)on1. The van der Waals surface area contributed by atoms with Crippen molar-refractivity contribution in [3.8, 4) is 34.3 Å². The summed E-state index contributed by atoms with van der Waals surface area (Å²) in [6, 6.07) is 54.5. The summed E-state index contributed by atoms with van der Waals surface area (Å²) in [7, 11) is 0. The van der Waals surface area contributed by atoms with Crippen molar-refractivity contribution in [3.63, 3.8) is 0 Å². The first kappa shape index (κ1) is 57.2. The molecule has 0 spiro atoms. The third kappa shape index (κ3) is 14.0. The highest BCUT2D eigenvalue weighted by Crippen LogP contribution is 2.32. The molecule has 0 fully saturated rings. The number of nitrogens with zero attached hydrogens (tertiary/aromatic N) is 8. The Morgan fingerprint density at radius 2 is 0.918 bits per heavy atom. The van der Waals surface area contributed by atoms with E-state index in [1.165, 1.54) is 6.07 Å². The fourth-order valence-electron chi connectivity index (χ4n) is 9.38. The first-order chi connectivity index (χ1) is 41.2. The average Bonchev–Trinajstić information content (AvgIpc) is 4.58. The summed E-state index contributed by atoms with van der Waals surface area (Å²) in [5, 5.41) is 21.8. The molecule has 3 atom stereocenters. The Hall–Kier alpha value is -11.1. The number of para-hydroxylation sites is 6. The summed E-state index contributed by atoms with van der Waals surface area (Å²) in [4.78, 5) is 48.6. The van der Waals surface area contributed by atoms with Crippen molar-refractivity contribution in [2.75, 3.05) is 19.8 Å². The number of carboxylic acids is 1. The maximum absolute atomic E-state index is 12.8. The molecular formula is C64H59N11O10. The molecule has 430 valence electrons. The van der Waals surface area contributed by atoms with E-state index in [1.54, 1.807) is 24.7 Å². The van der Waals surface area contributed by atoms with Gasteiger partial charge in [0.15, 0.2) is 11.4 Å². The van der Waals surface area contributed by atoms with E-state index in [1.807, 2.05) is 196 Å². The number of carboxylic acid groups (broad SMARTS) is 1. The van der Waals surface area contributed by atoms with Gasteiger partial charge < -0.3 is 49.5 Å². The zero-order chi connectivity index (χ0) is 57.6. The number of nitrogens with two attached hydrogens (primary N) is 1. The Labute approximate surface area is 488 Å². The minimum atomic E-state index is -1.07.